The number of nitrogens with one attached hydrogen (secondary N) is 1. The van der Waals surface area contributed by atoms with Crippen LogP contribution in [0.3, 0.4) is 0 Å². The van der Waals surface area contributed by atoms with Crippen molar-refractivity contribution in [3.05, 3.63) is 24.3 Å². The molecule has 5 heteroatoms. The van der Waals surface area contributed by atoms with Gasteiger partial charge in [-0.1, -0.05) is 6.42 Å². The summed E-state index contributed by atoms with van der Waals surface area (Å²) in [6.07, 6.45) is 3.62. The van der Waals surface area contributed by atoms with Crippen molar-refractivity contribution in [1.29, 1.82) is 0 Å². The zero-order chi connectivity index (χ0) is 16.2. The van der Waals surface area contributed by atoms with Crippen LogP contribution in [-0.2, 0) is 4.79 Å². The number of nitrogens with zero attached hydrogens (tertiary/aromatic N) is 1. The highest BCUT2D eigenvalue weighted by atomic mass is 16.5. The van der Waals surface area contributed by atoms with E-state index >= 15 is 0 Å². The molecule has 1 amide bonds. The summed E-state index contributed by atoms with van der Waals surface area (Å²) in [4.78, 5) is 13.3. The largest absolute Gasteiger partial charge is 0.491 e. The number of rotatable bonds is 6. The van der Waals surface area contributed by atoms with Crippen LogP contribution >= 0.6 is 0 Å². The van der Waals surface area contributed by atoms with Gasteiger partial charge >= 0.3 is 0 Å². The van der Waals surface area contributed by atoms with E-state index in [9.17, 15) is 9.90 Å². The molecule has 2 fully saturated rings. The van der Waals surface area contributed by atoms with Crippen LogP contribution in [0.15, 0.2) is 24.3 Å². The number of aliphatic hydroxyl groups is 1. The lowest BCUT2D eigenvalue weighted by Gasteiger charge is -2.21. The van der Waals surface area contributed by atoms with Gasteiger partial charge in [0.1, 0.15) is 18.5 Å². The highest BCUT2D eigenvalue weighted by molar-refractivity contribution is 5.88. The summed E-state index contributed by atoms with van der Waals surface area (Å²) in [6, 6.07) is 7.20. The van der Waals surface area contributed by atoms with Crippen LogP contribution in [0.4, 0.5) is 5.69 Å². The van der Waals surface area contributed by atoms with E-state index in [1.807, 2.05) is 0 Å². The number of anilines is 1. The second kappa shape index (κ2) is 7.32. The zero-order valence-electron chi connectivity index (χ0n) is 13.7. The van der Waals surface area contributed by atoms with E-state index in [0.29, 0.717) is 18.9 Å². The molecule has 2 N–H and O–H groups in total. The molecule has 1 aromatic rings. The van der Waals surface area contributed by atoms with Gasteiger partial charge in [-0.3, -0.25) is 4.79 Å². The maximum atomic E-state index is 11.0. The first-order valence-electron chi connectivity index (χ1n) is 8.51. The normalized spacial score (nSPS) is 25.1. The Labute approximate surface area is 137 Å². The van der Waals surface area contributed by atoms with E-state index in [0.717, 1.165) is 30.6 Å². The molecule has 126 valence electrons. The van der Waals surface area contributed by atoms with E-state index < -0.39 is 6.10 Å². The van der Waals surface area contributed by atoms with Crippen LogP contribution in [0.2, 0.25) is 0 Å². The van der Waals surface area contributed by atoms with Crippen molar-refractivity contribution in [3.8, 4) is 5.75 Å². The molecule has 1 aromatic carbocycles. The second-order valence-corrected chi connectivity index (χ2v) is 6.84. The highest BCUT2D eigenvalue weighted by Gasteiger charge is 2.36. The quantitative estimate of drug-likeness (QED) is 0.843. The van der Waals surface area contributed by atoms with Crippen LogP contribution in [-0.4, -0.2) is 48.3 Å². The van der Waals surface area contributed by atoms with Gasteiger partial charge in [-0.2, -0.15) is 0 Å². The number of aliphatic hydroxyl groups excluding tert-OH is 1. The van der Waals surface area contributed by atoms with Crippen molar-refractivity contribution in [3.63, 3.8) is 0 Å². The number of fused-ring (bicyclic) bond motifs is 1. The Kier molecular flexibility index (Phi) is 5.18. The lowest BCUT2D eigenvalue weighted by Crippen LogP contribution is -2.34. The molecule has 0 bridgehead atoms. The summed E-state index contributed by atoms with van der Waals surface area (Å²) in [6.45, 7) is 4.73. The first kappa shape index (κ1) is 16.3. The van der Waals surface area contributed by atoms with Gasteiger partial charge < -0.3 is 20.1 Å². The number of hydrogen-bond donors (Lipinski definition) is 2. The predicted octanol–water partition coefficient (Wildman–Crippen LogP) is 2.12. The zero-order valence-corrected chi connectivity index (χ0v) is 13.7. The topological polar surface area (TPSA) is 61.8 Å². The minimum atomic E-state index is -0.469. The van der Waals surface area contributed by atoms with Crippen molar-refractivity contribution >= 4 is 11.6 Å². The molecule has 3 unspecified atom stereocenters. The standard InChI is InChI=1S/C18H26N2O3/c1-13(21)19-16-5-7-18(8-6-16)23-12-17(22)11-20-9-14-3-2-4-15(14)10-20/h5-8,14-15,17,22H,2-4,9-12H2,1H3,(H,19,21). The summed E-state index contributed by atoms with van der Waals surface area (Å²) < 4.78 is 5.64. The Bertz CT molecular complexity index is 520. The maximum Gasteiger partial charge on any atom is 0.221 e. The van der Waals surface area contributed by atoms with Crippen LogP contribution < -0.4 is 10.1 Å². The molecule has 1 heterocycles. The summed E-state index contributed by atoms with van der Waals surface area (Å²) in [7, 11) is 0. The number of benzene rings is 1. The number of ether oxygens (including phenoxy) is 1. The van der Waals surface area contributed by atoms with Crippen molar-refractivity contribution in [1.82, 2.24) is 4.90 Å². The Morgan fingerprint density at radius 2 is 1.96 bits per heavy atom. The van der Waals surface area contributed by atoms with Crippen LogP contribution in [0.5, 0.6) is 5.75 Å². The third-order valence-corrected chi connectivity index (χ3v) is 4.89. The van der Waals surface area contributed by atoms with Gasteiger partial charge in [-0.25, -0.2) is 0 Å². The molecule has 0 aromatic heterocycles. The van der Waals surface area contributed by atoms with E-state index in [2.05, 4.69) is 10.2 Å². The molecule has 1 aliphatic carbocycles. The number of likely N-dealkylation sites (tertiary alicyclic amines) is 1. The Morgan fingerprint density at radius 3 is 2.57 bits per heavy atom. The number of β-amino-alcohol motifs (C(OH)–C–C–N with tert-alkyl or cyclic N) is 1. The lowest BCUT2D eigenvalue weighted by atomic mass is 10.0. The van der Waals surface area contributed by atoms with Crippen LogP contribution in [0, 0.1) is 11.8 Å². The van der Waals surface area contributed by atoms with Gasteiger partial charge in [-0.15, -0.1) is 0 Å². The third kappa shape index (κ3) is 4.45. The minimum Gasteiger partial charge on any atom is -0.491 e. The van der Waals surface area contributed by atoms with Crippen LogP contribution in [0.1, 0.15) is 26.2 Å². The second-order valence-electron chi connectivity index (χ2n) is 6.84. The molecule has 3 atom stereocenters. The van der Waals surface area contributed by atoms with Gasteiger partial charge in [0.15, 0.2) is 0 Å². The summed E-state index contributed by atoms with van der Waals surface area (Å²) in [5.74, 6) is 2.31. The van der Waals surface area contributed by atoms with Gasteiger partial charge in [0.2, 0.25) is 5.91 Å². The van der Waals surface area contributed by atoms with Crippen molar-refractivity contribution in [2.24, 2.45) is 11.8 Å². The van der Waals surface area contributed by atoms with Gasteiger partial charge in [0.05, 0.1) is 0 Å². The Morgan fingerprint density at radius 1 is 1.30 bits per heavy atom. The molecular weight excluding hydrogens is 292 g/mol. The smallest absolute Gasteiger partial charge is 0.221 e. The SMILES string of the molecule is CC(=O)Nc1ccc(OCC(O)CN2CC3CCCC3C2)cc1. The molecular formula is C18H26N2O3. The molecule has 5 nitrogen and oxygen atoms in total. The minimum absolute atomic E-state index is 0.0931. The third-order valence-electron chi connectivity index (χ3n) is 4.89. The van der Waals surface area contributed by atoms with Gasteiger partial charge in [0, 0.05) is 32.2 Å². The molecule has 0 spiro atoms. The van der Waals surface area contributed by atoms with E-state index in [4.69, 9.17) is 4.74 Å². The lowest BCUT2D eigenvalue weighted by molar-refractivity contribution is -0.114. The average Bonchev–Trinajstić information content (AvgIpc) is 3.07. The van der Waals surface area contributed by atoms with Gasteiger partial charge in [0.25, 0.3) is 0 Å². The fourth-order valence-electron chi connectivity index (χ4n) is 3.86. The number of amides is 1. The van der Waals surface area contributed by atoms with E-state index in [1.54, 1.807) is 24.3 Å². The van der Waals surface area contributed by atoms with Gasteiger partial charge in [-0.05, 0) is 48.9 Å². The Hall–Kier alpha value is -1.59. The predicted molar refractivity (Wildman–Crippen MR) is 89.5 cm³/mol. The maximum absolute atomic E-state index is 11.0. The van der Waals surface area contributed by atoms with E-state index in [-0.39, 0.29) is 5.91 Å². The average molecular weight is 318 g/mol. The van der Waals surface area contributed by atoms with Crippen molar-refractivity contribution in [2.75, 3.05) is 31.6 Å². The first-order chi connectivity index (χ1) is 11.1. The number of carbonyl (C=O) groups is 1. The van der Waals surface area contributed by atoms with E-state index in [1.165, 1.54) is 26.2 Å². The first-order valence-corrected chi connectivity index (χ1v) is 8.51. The van der Waals surface area contributed by atoms with Crippen LogP contribution in [0.25, 0.3) is 0 Å². The highest BCUT2D eigenvalue weighted by Crippen LogP contribution is 2.37. The molecule has 3 rings (SSSR count). The molecule has 2 aliphatic rings. The molecule has 23 heavy (non-hydrogen) atoms. The fraction of sp³-hybridized carbons (Fsp3) is 0.611. The molecule has 0 radical (unpaired) electrons. The summed E-state index contributed by atoms with van der Waals surface area (Å²) in [5, 5.41) is 12.9. The fourth-order valence-corrected chi connectivity index (χ4v) is 3.86. The Balaban J connectivity index is 1.40. The summed E-state index contributed by atoms with van der Waals surface area (Å²) >= 11 is 0. The van der Waals surface area contributed by atoms with Crippen molar-refractivity contribution < 1.29 is 14.6 Å². The monoisotopic (exact) mass is 318 g/mol. The molecule has 1 saturated heterocycles. The molecule has 1 saturated carbocycles. The number of carbonyl (C=O) groups excluding carboxylic acids is 1. The van der Waals surface area contributed by atoms with Crippen molar-refractivity contribution in [2.45, 2.75) is 32.3 Å². The summed E-state index contributed by atoms with van der Waals surface area (Å²) in [5.41, 5.74) is 0.744. The molecule has 1 aliphatic heterocycles. The number of hydrogen-bond acceptors (Lipinski definition) is 4.